The first-order valence-electron chi connectivity index (χ1n) is 5.58. The molecule has 0 aliphatic carbocycles. The minimum absolute atomic E-state index is 0.0438. The van der Waals surface area contributed by atoms with Crippen LogP contribution in [0.25, 0.3) is 0 Å². The van der Waals surface area contributed by atoms with Gasteiger partial charge in [-0.2, -0.15) is 0 Å². The fraction of sp³-hybridized carbons (Fsp3) is 0.818. The van der Waals surface area contributed by atoms with Crippen molar-refractivity contribution in [3.8, 4) is 0 Å². The molecule has 16 heavy (non-hydrogen) atoms. The zero-order valence-corrected chi connectivity index (χ0v) is 10.5. The van der Waals surface area contributed by atoms with Gasteiger partial charge in [-0.3, -0.25) is 14.5 Å². The lowest BCUT2D eigenvalue weighted by Crippen LogP contribution is -2.43. The Labute approximate surface area is 96.7 Å². The number of nitrogens with zero attached hydrogens (tertiary/aromatic N) is 1. The van der Waals surface area contributed by atoms with Gasteiger partial charge in [0.25, 0.3) is 0 Å². The Bertz CT molecular complexity index is 226. The molecule has 0 amide bonds. The summed E-state index contributed by atoms with van der Waals surface area (Å²) >= 11 is 0. The molecule has 94 valence electrons. The van der Waals surface area contributed by atoms with Gasteiger partial charge in [-0.25, -0.2) is 0 Å². The number of rotatable bonds is 7. The second kappa shape index (κ2) is 8.10. The molecule has 0 aliphatic rings. The second-order valence-electron chi connectivity index (χ2n) is 3.27. The summed E-state index contributed by atoms with van der Waals surface area (Å²) in [5.74, 6) is -0.762. The van der Waals surface area contributed by atoms with Gasteiger partial charge in [-0.15, -0.1) is 0 Å². The smallest absolute Gasteiger partial charge is 0.323 e. The van der Waals surface area contributed by atoms with Crippen LogP contribution in [0, 0.1) is 0 Å². The lowest BCUT2D eigenvalue weighted by atomic mass is 10.1. The average Bonchev–Trinajstić information content (AvgIpc) is 2.28. The van der Waals surface area contributed by atoms with E-state index < -0.39 is 12.0 Å². The fourth-order valence-electron chi connectivity index (χ4n) is 1.54. The molecule has 0 heterocycles. The van der Waals surface area contributed by atoms with Crippen LogP contribution in [0.15, 0.2) is 0 Å². The Morgan fingerprint density at radius 3 is 2.12 bits per heavy atom. The van der Waals surface area contributed by atoms with Gasteiger partial charge < -0.3 is 9.47 Å². The van der Waals surface area contributed by atoms with Crippen LogP contribution in [0.5, 0.6) is 0 Å². The summed E-state index contributed by atoms with van der Waals surface area (Å²) in [7, 11) is 1.32. The van der Waals surface area contributed by atoms with E-state index in [-0.39, 0.29) is 12.4 Å². The molecule has 0 radical (unpaired) electrons. The van der Waals surface area contributed by atoms with E-state index in [1.807, 2.05) is 18.7 Å². The molecule has 0 aromatic rings. The average molecular weight is 231 g/mol. The third-order valence-corrected chi connectivity index (χ3v) is 2.39. The zero-order valence-electron chi connectivity index (χ0n) is 10.5. The van der Waals surface area contributed by atoms with E-state index in [0.717, 1.165) is 0 Å². The van der Waals surface area contributed by atoms with E-state index in [2.05, 4.69) is 4.74 Å². The van der Waals surface area contributed by atoms with Gasteiger partial charge in [0.1, 0.15) is 6.04 Å². The van der Waals surface area contributed by atoms with Gasteiger partial charge in [0.15, 0.2) is 0 Å². The highest BCUT2D eigenvalue weighted by Gasteiger charge is 2.27. The van der Waals surface area contributed by atoms with Crippen LogP contribution < -0.4 is 0 Å². The number of hydrogen-bond donors (Lipinski definition) is 0. The number of methoxy groups -OCH3 is 1. The number of ether oxygens (including phenoxy) is 2. The van der Waals surface area contributed by atoms with Crippen LogP contribution in [0.4, 0.5) is 0 Å². The van der Waals surface area contributed by atoms with Crippen LogP contribution >= 0.6 is 0 Å². The van der Waals surface area contributed by atoms with Crippen LogP contribution in [-0.4, -0.2) is 49.7 Å². The van der Waals surface area contributed by atoms with E-state index in [0.29, 0.717) is 19.7 Å². The van der Waals surface area contributed by atoms with Gasteiger partial charge in [0.2, 0.25) is 0 Å². The summed E-state index contributed by atoms with van der Waals surface area (Å²) in [5, 5.41) is 0. The molecule has 0 aromatic carbocycles. The third kappa shape index (κ3) is 4.61. The number of likely N-dealkylation sites (N-methyl/N-ethyl adjacent to an activating group) is 1. The Kier molecular flexibility index (Phi) is 7.54. The van der Waals surface area contributed by atoms with Crippen molar-refractivity contribution in [1.29, 1.82) is 0 Å². The van der Waals surface area contributed by atoms with Crippen molar-refractivity contribution in [2.24, 2.45) is 0 Å². The molecule has 0 saturated heterocycles. The van der Waals surface area contributed by atoms with E-state index in [1.165, 1.54) is 7.11 Å². The number of esters is 2. The Morgan fingerprint density at radius 2 is 1.75 bits per heavy atom. The van der Waals surface area contributed by atoms with Gasteiger partial charge >= 0.3 is 11.9 Å². The number of hydrogen-bond acceptors (Lipinski definition) is 5. The summed E-state index contributed by atoms with van der Waals surface area (Å²) in [6.45, 7) is 7.31. The van der Waals surface area contributed by atoms with E-state index in [1.54, 1.807) is 6.92 Å². The van der Waals surface area contributed by atoms with Gasteiger partial charge in [0.05, 0.1) is 20.1 Å². The molecule has 0 fully saturated rings. The van der Waals surface area contributed by atoms with Crippen LogP contribution in [0.3, 0.4) is 0 Å². The third-order valence-electron chi connectivity index (χ3n) is 2.39. The first-order chi connectivity index (χ1) is 7.60. The molecule has 5 heteroatoms. The predicted molar refractivity (Wildman–Crippen MR) is 60.0 cm³/mol. The standard InChI is InChI=1S/C11H21NO4/c1-5-12(6-2)9(11(14)15-4)8-10(13)16-7-3/h9H,5-8H2,1-4H3. The fourth-order valence-corrected chi connectivity index (χ4v) is 1.54. The van der Waals surface area contributed by atoms with Gasteiger partial charge in [-0.1, -0.05) is 13.8 Å². The molecule has 0 aromatic heterocycles. The van der Waals surface area contributed by atoms with Gasteiger partial charge in [0, 0.05) is 0 Å². The molecule has 0 spiro atoms. The topological polar surface area (TPSA) is 55.8 Å². The highest BCUT2D eigenvalue weighted by atomic mass is 16.5. The maximum absolute atomic E-state index is 11.5. The van der Waals surface area contributed by atoms with E-state index in [9.17, 15) is 9.59 Å². The molecule has 1 atom stereocenters. The van der Waals surface area contributed by atoms with Gasteiger partial charge in [-0.05, 0) is 20.0 Å². The molecule has 0 N–H and O–H groups in total. The van der Waals surface area contributed by atoms with Crippen LogP contribution in [-0.2, 0) is 19.1 Å². The van der Waals surface area contributed by atoms with Crippen LogP contribution in [0.1, 0.15) is 27.2 Å². The number of carbonyl (C=O) groups is 2. The highest BCUT2D eigenvalue weighted by molar-refractivity contribution is 5.82. The Morgan fingerprint density at radius 1 is 1.19 bits per heavy atom. The normalized spacial score (nSPS) is 12.3. The monoisotopic (exact) mass is 231 g/mol. The molecular formula is C11H21NO4. The van der Waals surface area contributed by atoms with Crippen molar-refractivity contribution < 1.29 is 19.1 Å². The van der Waals surface area contributed by atoms with E-state index >= 15 is 0 Å². The zero-order chi connectivity index (χ0) is 12.6. The molecule has 0 aliphatic heterocycles. The van der Waals surface area contributed by atoms with Crippen LogP contribution in [0.2, 0.25) is 0 Å². The Hall–Kier alpha value is -1.10. The maximum Gasteiger partial charge on any atom is 0.323 e. The van der Waals surface area contributed by atoms with Crippen molar-refractivity contribution in [3.63, 3.8) is 0 Å². The lowest BCUT2D eigenvalue weighted by molar-refractivity contribution is -0.154. The molecule has 0 bridgehead atoms. The first kappa shape index (κ1) is 14.9. The van der Waals surface area contributed by atoms with Crippen molar-refractivity contribution in [2.75, 3.05) is 26.8 Å². The minimum atomic E-state index is -0.543. The summed E-state index contributed by atoms with van der Waals surface area (Å²) < 4.78 is 9.52. The van der Waals surface area contributed by atoms with Crippen molar-refractivity contribution in [2.45, 2.75) is 33.2 Å². The second-order valence-corrected chi connectivity index (χ2v) is 3.27. The predicted octanol–water partition coefficient (Wildman–Crippen LogP) is 0.823. The van der Waals surface area contributed by atoms with Crippen molar-refractivity contribution >= 4 is 11.9 Å². The lowest BCUT2D eigenvalue weighted by Gasteiger charge is -2.26. The molecule has 0 rings (SSSR count). The van der Waals surface area contributed by atoms with E-state index in [4.69, 9.17) is 4.74 Å². The maximum atomic E-state index is 11.5. The summed E-state index contributed by atoms with van der Waals surface area (Å²) in [4.78, 5) is 24.8. The molecule has 1 unspecified atom stereocenters. The minimum Gasteiger partial charge on any atom is -0.468 e. The molecule has 5 nitrogen and oxygen atoms in total. The largest absolute Gasteiger partial charge is 0.468 e. The Balaban J connectivity index is 4.53. The first-order valence-corrected chi connectivity index (χ1v) is 5.58. The quantitative estimate of drug-likeness (QED) is 0.607. The summed E-state index contributed by atoms with van der Waals surface area (Å²) in [5.41, 5.74) is 0. The highest BCUT2D eigenvalue weighted by Crippen LogP contribution is 2.07. The van der Waals surface area contributed by atoms with Crippen molar-refractivity contribution in [1.82, 2.24) is 4.90 Å². The van der Waals surface area contributed by atoms with Crippen molar-refractivity contribution in [3.05, 3.63) is 0 Å². The SMILES string of the molecule is CCOC(=O)CC(C(=O)OC)N(CC)CC. The number of carbonyl (C=O) groups excluding carboxylic acids is 2. The molecule has 0 saturated carbocycles. The molecular weight excluding hydrogens is 210 g/mol. The summed E-state index contributed by atoms with van der Waals surface area (Å²) in [6.07, 6.45) is 0.0438. The summed E-state index contributed by atoms with van der Waals surface area (Å²) in [6, 6.07) is -0.543.